The van der Waals surface area contributed by atoms with Gasteiger partial charge in [0.05, 0.1) is 6.85 Å². The summed E-state index contributed by atoms with van der Waals surface area (Å²) in [5.41, 5.74) is 9.46. The molecule has 1 nitrogen and oxygen atoms in total. The van der Waals surface area contributed by atoms with E-state index >= 15 is 0 Å². The molecule has 0 amide bonds. The number of allylic oxidation sites excluding steroid dienone is 5. The predicted octanol–water partition coefficient (Wildman–Crippen LogP) is 13.3. The first-order valence-corrected chi connectivity index (χ1v) is 16.8. The molecule has 1 heteroatoms. The van der Waals surface area contributed by atoms with E-state index in [1.54, 1.807) is 0 Å². The molecule has 8 aromatic carbocycles. The molecule has 0 fully saturated rings. The van der Waals surface area contributed by atoms with E-state index in [1.807, 2.05) is 24.3 Å². The summed E-state index contributed by atoms with van der Waals surface area (Å²) in [6.07, 6.45) is 13.4. The second-order valence-electron chi connectivity index (χ2n) is 13.2. The van der Waals surface area contributed by atoms with Gasteiger partial charge in [-0.2, -0.15) is 0 Å². The Bertz CT molecular complexity index is 3150. The lowest BCUT2D eigenvalue weighted by atomic mass is 9.76. The van der Waals surface area contributed by atoms with Crippen LogP contribution in [0, 0.1) is 5.92 Å². The van der Waals surface area contributed by atoms with Crippen LogP contribution in [0.25, 0.3) is 93.7 Å². The van der Waals surface area contributed by atoms with Crippen molar-refractivity contribution in [3.05, 3.63) is 175 Å². The summed E-state index contributed by atoms with van der Waals surface area (Å²) in [6, 6.07) is 34.6. The summed E-state index contributed by atoms with van der Waals surface area (Å²) in [7, 11) is 0. The molecule has 0 spiro atoms. The second-order valence-corrected chi connectivity index (χ2v) is 13.2. The fourth-order valence-electron chi connectivity index (χ4n) is 8.45. The van der Waals surface area contributed by atoms with E-state index in [9.17, 15) is 0 Å². The molecule has 0 aliphatic heterocycles. The number of hydrogen-bond acceptors (Lipinski definition) is 1. The van der Waals surface area contributed by atoms with Crippen molar-refractivity contribution in [1.29, 1.82) is 0 Å². The molecule has 11 rings (SSSR count). The summed E-state index contributed by atoms with van der Waals surface area (Å²) in [5.74, 6) is 0.686. The van der Waals surface area contributed by atoms with Gasteiger partial charge in [0, 0.05) is 28.2 Å². The lowest BCUT2D eigenvalue weighted by molar-refractivity contribution is 0.670. The lowest BCUT2D eigenvalue weighted by Gasteiger charge is -2.27. The zero-order valence-electron chi connectivity index (χ0n) is 31.3. The van der Waals surface area contributed by atoms with Gasteiger partial charge in [0.1, 0.15) is 11.2 Å². The van der Waals surface area contributed by atoms with Gasteiger partial charge in [-0.15, -0.1) is 0 Å². The Morgan fingerprint density at radius 1 is 0.531 bits per heavy atom. The minimum Gasteiger partial charge on any atom is -0.455 e. The van der Waals surface area contributed by atoms with Crippen LogP contribution in [0.2, 0.25) is 0 Å². The summed E-state index contributed by atoms with van der Waals surface area (Å²) < 4.78 is 49.1. The maximum Gasteiger partial charge on any atom is 0.143 e. The molecule has 0 bridgehead atoms. The van der Waals surface area contributed by atoms with E-state index in [2.05, 4.69) is 115 Å². The SMILES string of the molecule is [2H]c1c([2H])c([2H])c(-c2ccc3ccc4c(-c5cccc6oc7c(-c8ccc9c(c8)C8C=CC=CC8C=C9)cccc7c56)ccc5ccc2c3c54)c([2H])c1[2H]. The highest BCUT2D eigenvalue weighted by atomic mass is 16.3. The van der Waals surface area contributed by atoms with Crippen LogP contribution in [0.5, 0.6) is 0 Å². The highest BCUT2D eigenvalue weighted by molar-refractivity contribution is 6.29. The molecular weight excluding hydrogens is 593 g/mol. The Labute approximate surface area is 291 Å². The number of benzene rings is 8. The van der Waals surface area contributed by atoms with Gasteiger partial charge >= 0.3 is 0 Å². The Hall–Kier alpha value is -6.18. The number of rotatable bonds is 3. The van der Waals surface area contributed by atoms with Gasteiger partial charge in [0.15, 0.2) is 0 Å². The largest absolute Gasteiger partial charge is 0.455 e. The Morgan fingerprint density at radius 2 is 1.27 bits per heavy atom. The number of hydrogen-bond donors (Lipinski definition) is 0. The van der Waals surface area contributed by atoms with Crippen LogP contribution in [0.15, 0.2) is 168 Å². The molecule has 228 valence electrons. The summed E-state index contributed by atoms with van der Waals surface area (Å²) in [4.78, 5) is 0. The summed E-state index contributed by atoms with van der Waals surface area (Å²) >= 11 is 0. The molecule has 2 aliphatic rings. The minimum atomic E-state index is -0.392. The first-order chi connectivity index (χ1) is 26.4. The molecule has 49 heavy (non-hydrogen) atoms. The molecule has 9 aromatic rings. The topological polar surface area (TPSA) is 13.1 Å². The van der Waals surface area contributed by atoms with Crippen molar-refractivity contribution in [2.45, 2.75) is 5.92 Å². The molecule has 2 unspecified atom stereocenters. The van der Waals surface area contributed by atoms with Gasteiger partial charge in [0.25, 0.3) is 0 Å². The predicted molar refractivity (Wildman–Crippen MR) is 207 cm³/mol. The molecule has 1 heterocycles. The van der Waals surface area contributed by atoms with Crippen molar-refractivity contribution in [2.75, 3.05) is 0 Å². The molecule has 0 saturated heterocycles. The van der Waals surface area contributed by atoms with Gasteiger partial charge in [-0.05, 0) is 83.4 Å². The van der Waals surface area contributed by atoms with Crippen LogP contribution in [-0.2, 0) is 0 Å². The third-order valence-corrected chi connectivity index (χ3v) is 10.7. The quantitative estimate of drug-likeness (QED) is 0.178. The summed E-state index contributed by atoms with van der Waals surface area (Å²) in [6.45, 7) is 0. The average Bonchev–Trinajstić information content (AvgIpc) is 3.61. The highest BCUT2D eigenvalue weighted by Gasteiger charge is 2.25. The molecule has 0 N–H and O–H groups in total. The van der Waals surface area contributed by atoms with E-state index in [0.29, 0.717) is 17.4 Å². The lowest BCUT2D eigenvalue weighted by Crippen LogP contribution is -2.13. The Balaban J connectivity index is 1.12. The highest BCUT2D eigenvalue weighted by Crippen LogP contribution is 2.47. The van der Waals surface area contributed by atoms with Crippen molar-refractivity contribution in [3.8, 4) is 33.4 Å². The van der Waals surface area contributed by atoms with E-state index < -0.39 is 6.04 Å². The Kier molecular flexibility index (Phi) is 4.64. The van der Waals surface area contributed by atoms with E-state index in [1.165, 1.54) is 11.1 Å². The van der Waals surface area contributed by atoms with E-state index in [4.69, 9.17) is 11.3 Å². The maximum absolute atomic E-state index is 8.74. The number of fused-ring (bicyclic) bond motifs is 6. The first kappa shape index (κ1) is 22.4. The van der Waals surface area contributed by atoms with Crippen LogP contribution < -0.4 is 0 Å². The molecule has 0 radical (unpaired) electrons. The third kappa shape index (κ3) is 3.87. The molecular formula is C48H30O. The van der Waals surface area contributed by atoms with Crippen molar-refractivity contribution < 1.29 is 11.3 Å². The van der Waals surface area contributed by atoms with E-state index in [-0.39, 0.29) is 29.7 Å². The van der Waals surface area contributed by atoms with Crippen LogP contribution in [0.1, 0.15) is 23.9 Å². The van der Waals surface area contributed by atoms with Gasteiger partial charge in [-0.1, -0.05) is 158 Å². The number of furan rings is 1. The molecule has 1 aromatic heterocycles. The van der Waals surface area contributed by atoms with Crippen LogP contribution in [-0.4, -0.2) is 0 Å². The fourth-order valence-corrected chi connectivity index (χ4v) is 8.45. The molecule has 2 aliphatic carbocycles. The van der Waals surface area contributed by atoms with Gasteiger partial charge in [0.2, 0.25) is 0 Å². The monoisotopic (exact) mass is 627 g/mol. The van der Waals surface area contributed by atoms with E-state index in [0.717, 1.165) is 76.5 Å². The van der Waals surface area contributed by atoms with Gasteiger partial charge in [-0.25, -0.2) is 0 Å². The standard InChI is InChI=1S/C48H30O/c1-2-8-29(9-3-1)36-24-20-32-23-27-41-38(25-21-33-22-26-40(36)45(32)46(33)41)39-13-7-15-44-47(39)42-14-6-12-37(48(42)49-44)34-19-18-31-17-16-30-10-4-5-11-35(30)43(31)28-34/h1-28,30,35H/i1D,2D,3D,8D,9D. The van der Waals surface area contributed by atoms with Crippen LogP contribution >= 0.6 is 0 Å². The van der Waals surface area contributed by atoms with Crippen molar-refractivity contribution in [1.82, 2.24) is 0 Å². The smallest absolute Gasteiger partial charge is 0.143 e. The molecule has 0 saturated carbocycles. The Morgan fingerprint density at radius 3 is 2.12 bits per heavy atom. The zero-order chi connectivity index (χ0) is 36.4. The van der Waals surface area contributed by atoms with Crippen molar-refractivity contribution in [3.63, 3.8) is 0 Å². The van der Waals surface area contributed by atoms with Crippen molar-refractivity contribution in [2.24, 2.45) is 5.92 Å². The second kappa shape index (κ2) is 10.2. The molecule has 2 atom stereocenters. The third-order valence-electron chi connectivity index (χ3n) is 10.7. The average molecular weight is 628 g/mol. The zero-order valence-corrected chi connectivity index (χ0v) is 26.3. The van der Waals surface area contributed by atoms with Crippen molar-refractivity contribution >= 4 is 60.3 Å². The van der Waals surface area contributed by atoms with Crippen LogP contribution in [0.4, 0.5) is 0 Å². The fraction of sp³-hybridized carbons (Fsp3) is 0.0417. The number of para-hydroxylation sites is 1. The minimum absolute atomic E-state index is 0.200. The first-order valence-electron chi connectivity index (χ1n) is 19.3. The normalized spacial score (nSPS) is 18.2. The van der Waals surface area contributed by atoms with Crippen LogP contribution in [0.3, 0.4) is 0 Å². The summed E-state index contributed by atoms with van der Waals surface area (Å²) in [5, 5.41) is 8.24. The van der Waals surface area contributed by atoms with Gasteiger partial charge < -0.3 is 4.42 Å². The maximum atomic E-state index is 8.74. The van der Waals surface area contributed by atoms with Gasteiger partial charge in [-0.3, -0.25) is 0 Å².